The van der Waals surface area contributed by atoms with E-state index in [-0.39, 0.29) is 22.9 Å². The SMILES string of the molecule is O=C(Cc1cc(C(F)(F)F)ccc1Cl)N1CCCN(Cc2ccco2)CC1. The third-order valence-electron chi connectivity index (χ3n) is 4.62. The Hall–Kier alpha value is -1.99. The fourth-order valence-electron chi connectivity index (χ4n) is 3.16. The highest BCUT2D eigenvalue weighted by Gasteiger charge is 2.31. The summed E-state index contributed by atoms with van der Waals surface area (Å²) in [5, 5.41) is 0.172. The molecule has 1 aromatic carbocycles. The molecular weight excluding hydrogens is 381 g/mol. The Kier molecular flexibility index (Phi) is 6.11. The van der Waals surface area contributed by atoms with Gasteiger partial charge < -0.3 is 9.32 Å². The summed E-state index contributed by atoms with van der Waals surface area (Å²) in [5.74, 6) is 0.654. The predicted molar refractivity (Wildman–Crippen MR) is 95.3 cm³/mol. The number of alkyl halides is 3. The van der Waals surface area contributed by atoms with Gasteiger partial charge in [0.1, 0.15) is 5.76 Å². The minimum Gasteiger partial charge on any atom is -0.468 e. The number of rotatable bonds is 4. The number of benzene rings is 1. The van der Waals surface area contributed by atoms with Crippen molar-refractivity contribution in [2.24, 2.45) is 0 Å². The van der Waals surface area contributed by atoms with E-state index >= 15 is 0 Å². The summed E-state index contributed by atoms with van der Waals surface area (Å²) in [6.07, 6.45) is -2.18. The highest BCUT2D eigenvalue weighted by molar-refractivity contribution is 6.31. The number of furan rings is 1. The van der Waals surface area contributed by atoms with Crippen molar-refractivity contribution < 1.29 is 22.4 Å². The zero-order valence-corrected chi connectivity index (χ0v) is 15.4. The van der Waals surface area contributed by atoms with Crippen LogP contribution >= 0.6 is 11.6 Å². The van der Waals surface area contributed by atoms with Gasteiger partial charge in [0.25, 0.3) is 0 Å². The number of halogens is 4. The number of amides is 1. The van der Waals surface area contributed by atoms with Crippen molar-refractivity contribution in [1.29, 1.82) is 0 Å². The van der Waals surface area contributed by atoms with Crippen LogP contribution in [0.2, 0.25) is 5.02 Å². The molecule has 1 fully saturated rings. The molecule has 27 heavy (non-hydrogen) atoms. The summed E-state index contributed by atoms with van der Waals surface area (Å²) in [6, 6.07) is 6.82. The average molecular weight is 401 g/mol. The second-order valence-electron chi connectivity index (χ2n) is 6.57. The third kappa shape index (κ3) is 5.26. The number of carbonyl (C=O) groups excluding carboxylic acids is 1. The van der Waals surface area contributed by atoms with E-state index < -0.39 is 11.7 Å². The summed E-state index contributed by atoms with van der Waals surface area (Å²) in [6.45, 7) is 3.28. The molecule has 1 aromatic heterocycles. The van der Waals surface area contributed by atoms with Gasteiger partial charge in [-0.25, -0.2) is 0 Å². The zero-order chi connectivity index (χ0) is 19.4. The largest absolute Gasteiger partial charge is 0.468 e. The molecule has 4 nitrogen and oxygen atoms in total. The molecule has 146 valence electrons. The lowest BCUT2D eigenvalue weighted by Crippen LogP contribution is -2.36. The van der Waals surface area contributed by atoms with E-state index in [2.05, 4.69) is 4.90 Å². The molecule has 2 heterocycles. The molecule has 0 aliphatic carbocycles. The van der Waals surface area contributed by atoms with Crippen molar-refractivity contribution in [3.63, 3.8) is 0 Å². The van der Waals surface area contributed by atoms with E-state index in [1.54, 1.807) is 11.2 Å². The van der Waals surface area contributed by atoms with Crippen molar-refractivity contribution in [3.8, 4) is 0 Å². The molecular formula is C19H20ClF3N2O2. The lowest BCUT2D eigenvalue weighted by molar-refractivity contribution is -0.138. The summed E-state index contributed by atoms with van der Waals surface area (Å²) in [7, 11) is 0. The van der Waals surface area contributed by atoms with Crippen molar-refractivity contribution in [1.82, 2.24) is 9.80 Å². The van der Waals surface area contributed by atoms with E-state index in [4.69, 9.17) is 16.0 Å². The van der Waals surface area contributed by atoms with Crippen LogP contribution in [0.25, 0.3) is 0 Å². The Labute approximate surface area is 160 Å². The lowest BCUT2D eigenvalue weighted by atomic mass is 10.1. The monoisotopic (exact) mass is 400 g/mol. The van der Waals surface area contributed by atoms with Gasteiger partial charge in [0, 0.05) is 31.2 Å². The molecule has 0 atom stereocenters. The molecule has 0 bridgehead atoms. The van der Waals surface area contributed by atoms with Gasteiger partial charge in [-0.3, -0.25) is 9.69 Å². The Morgan fingerprint density at radius 3 is 2.67 bits per heavy atom. The molecule has 0 spiro atoms. The smallest absolute Gasteiger partial charge is 0.416 e. The first-order chi connectivity index (χ1) is 12.8. The van der Waals surface area contributed by atoms with Crippen LogP contribution in [0.4, 0.5) is 13.2 Å². The van der Waals surface area contributed by atoms with Gasteiger partial charge in [0.05, 0.1) is 24.8 Å². The topological polar surface area (TPSA) is 36.7 Å². The zero-order valence-electron chi connectivity index (χ0n) is 14.6. The highest BCUT2D eigenvalue weighted by Crippen LogP contribution is 2.32. The number of carbonyl (C=O) groups is 1. The first-order valence-electron chi connectivity index (χ1n) is 8.71. The van der Waals surface area contributed by atoms with Gasteiger partial charge in [-0.1, -0.05) is 11.6 Å². The second kappa shape index (κ2) is 8.35. The fraction of sp³-hybridized carbons (Fsp3) is 0.421. The average Bonchev–Trinajstić information content (AvgIpc) is 3.00. The fourth-order valence-corrected chi connectivity index (χ4v) is 3.35. The van der Waals surface area contributed by atoms with Gasteiger partial charge in [0.15, 0.2) is 0 Å². The standard InChI is InChI=1S/C19H20ClF3N2O2/c20-17-5-4-15(19(21,22)23)11-14(17)12-18(26)25-7-2-6-24(8-9-25)13-16-3-1-10-27-16/h1,3-5,10-11H,2,6-9,12-13H2. The molecule has 0 unspecified atom stereocenters. The van der Waals surface area contributed by atoms with Crippen molar-refractivity contribution in [2.75, 3.05) is 26.2 Å². The summed E-state index contributed by atoms with van der Waals surface area (Å²) >= 11 is 6.01. The molecule has 3 rings (SSSR count). The quantitative estimate of drug-likeness (QED) is 0.770. The van der Waals surface area contributed by atoms with E-state index in [9.17, 15) is 18.0 Å². The van der Waals surface area contributed by atoms with Crippen molar-refractivity contribution >= 4 is 17.5 Å². The van der Waals surface area contributed by atoms with Crippen LogP contribution in [0.15, 0.2) is 41.0 Å². The number of nitrogens with zero attached hydrogens (tertiary/aromatic N) is 2. The Bertz CT molecular complexity index is 778. The molecule has 2 aromatic rings. The summed E-state index contributed by atoms with van der Waals surface area (Å²) in [5.41, 5.74) is -0.594. The van der Waals surface area contributed by atoms with Crippen LogP contribution in [0.3, 0.4) is 0 Å². The Morgan fingerprint density at radius 1 is 1.15 bits per heavy atom. The third-order valence-corrected chi connectivity index (χ3v) is 4.98. The first-order valence-corrected chi connectivity index (χ1v) is 9.09. The van der Waals surface area contributed by atoms with E-state index in [1.165, 1.54) is 6.07 Å². The highest BCUT2D eigenvalue weighted by atomic mass is 35.5. The summed E-state index contributed by atoms with van der Waals surface area (Å²) < 4.78 is 44.0. The molecule has 1 amide bonds. The first kappa shape index (κ1) is 19.8. The maximum atomic E-state index is 12.9. The molecule has 0 N–H and O–H groups in total. The van der Waals surface area contributed by atoms with Crippen LogP contribution in [0, 0.1) is 0 Å². The predicted octanol–water partition coefficient (Wildman–Crippen LogP) is 4.23. The van der Waals surface area contributed by atoms with Gasteiger partial charge in [0.2, 0.25) is 5.91 Å². The van der Waals surface area contributed by atoms with Crippen molar-refractivity contribution in [2.45, 2.75) is 25.6 Å². The molecule has 1 saturated heterocycles. The molecule has 8 heteroatoms. The van der Waals surface area contributed by atoms with Gasteiger partial charge in [-0.15, -0.1) is 0 Å². The van der Waals surface area contributed by atoms with Crippen LogP contribution in [-0.4, -0.2) is 41.9 Å². The number of hydrogen-bond donors (Lipinski definition) is 0. The number of hydrogen-bond acceptors (Lipinski definition) is 3. The van der Waals surface area contributed by atoms with Crippen LogP contribution < -0.4 is 0 Å². The van der Waals surface area contributed by atoms with E-state index in [0.29, 0.717) is 26.2 Å². The van der Waals surface area contributed by atoms with E-state index in [1.807, 2.05) is 12.1 Å². The summed E-state index contributed by atoms with van der Waals surface area (Å²) in [4.78, 5) is 16.5. The van der Waals surface area contributed by atoms with Gasteiger partial charge >= 0.3 is 6.18 Å². The van der Waals surface area contributed by atoms with Crippen LogP contribution in [0.5, 0.6) is 0 Å². The Morgan fingerprint density at radius 2 is 1.96 bits per heavy atom. The van der Waals surface area contributed by atoms with Gasteiger partial charge in [-0.2, -0.15) is 13.2 Å². The normalized spacial score (nSPS) is 16.4. The molecule has 1 aliphatic rings. The lowest BCUT2D eigenvalue weighted by Gasteiger charge is -2.22. The molecule has 0 radical (unpaired) electrons. The second-order valence-corrected chi connectivity index (χ2v) is 6.98. The van der Waals surface area contributed by atoms with Crippen LogP contribution in [-0.2, 0) is 23.9 Å². The molecule has 1 aliphatic heterocycles. The Balaban J connectivity index is 1.61. The minimum absolute atomic E-state index is 0.138. The van der Waals surface area contributed by atoms with Crippen molar-refractivity contribution in [3.05, 3.63) is 58.5 Å². The van der Waals surface area contributed by atoms with E-state index in [0.717, 1.165) is 30.9 Å². The maximum absolute atomic E-state index is 12.9. The van der Waals surface area contributed by atoms with Gasteiger partial charge in [-0.05, 0) is 42.3 Å². The van der Waals surface area contributed by atoms with Crippen LogP contribution in [0.1, 0.15) is 23.3 Å². The maximum Gasteiger partial charge on any atom is 0.416 e. The minimum atomic E-state index is -4.46. The molecule has 0 saturated carbocycles.